The van der Waals surface area contributed by atoms with Crippen LogP contribution in [0.5, 0.6) is 0 Å². The van der Waals surface area contributed by atoms with Crippen molar-refractivity contribution in [3.05, 3.63) is 0 Å². The van der Waals surface area contributed by atoms with Crippen LogP contribution >= 0.6 is 0 Å². The maximum atomic E-state index is 12.2. The number of carbonyl (C=O) groups excluding carboxylic acids is 1. The quantitative estimate of drug-likeness (QED) is 0.568. The number of nitrogens with zero attached hydrogens (tertiary/aromatic N) is 2. The van der Waals surface area contributed by atoms with Crippen LogP contribution in [0.15, 0.2) is 0 Å². The lowest BCUT2D eigenvalue weighted by Gasteiger charge is -2.29. The molecule has 0 saturated carbocycles. The number of hydrogen-bond acceptors (Lipinski definition) is 5. The van der Waals surface area contributed by atoms with Crippen molar-refractivity contribution in [3.8, 4) is 0 Å². The van der Waals surface area contributed by atoms with Gasteiger partial charge < -0.3 is 14.9 Å². The molecular weight excluding hydrogens is 257 g/mol. The van der Waals surface area contributed by atoms with Gasteiger partial charge in [-0.2, -0.15) is 0 Å². The van der Waals surface area contributed by atoms with Crippen LogP contribution in [0.1, 0.15) is 39.0 Å². The molecular formula is C13H26BN3O3. The Morgan fingerprint density at radius 3 is 2.60 bits per heavy atom. The lowest BCUT2D eigenvalue weighted by atomic mass is 9.78. The third kappa shape index (κ3) is 3.72. The molecule has 0 bridgehead atoms. The van der Waals surface area contributed by atoms with E-state index >= 15 is 0 Å². The van der Waals surface area contributed by atoms with E-state index < -0.39 is 13.1 Å². The Hall–Kier alpha value is -0.625. The van der Waals surface area contributed by atoms with Crippen molar-refractivity contribution >= 4 is 13.0 Å². The molecule has 0 aromatic carbocycles. The van der Waals surface area contributed by atoms with E-state index in [2.05, 4.69) is 17.1 Å². The Balaban J connectivity index is 1.81. The first-order chi connectivity index (χ1) is 9.63. The minimum absolute atomic E-state index is 0.0294. The standard InChI is InChI=1S/C13H26BN3O3/c1-2-12(16-7-3-4-8-16)15-10-13(18)17-9-5-6-11(17)14(19)20/h11-12,15,19-20H,2-10H2,1H3/t11-,12-/m0/s1. The molecule has 2 aliphatic rings. The molecule has 2 atom stereocenters. The van der Waals surface area contributed by atoms with Crippen molar-refractivity contribution in [2.24, 2.45) is 0 Å². The molecule has 0 aromatic rings. The van der Waals surface area contributed by atoms with Gasteiger partial charge in [0.15, 0.2) is 0 Å². The highest BCUT2D eigenvalue weighted by Crippen LogP contribution is 2.18. The van der Waals surface area contributed by atoms with E-state index in [0.29, 0.717) is 13.0 Å². The first kappa shape index (κ1) is 15.8. The average Bonchev–Trinajstić information content (AvgIpc) is 3.10. The molecule has 7 heteroatoms. The molecule has 0 unspecified atom stereocenters. The van der Waals surface area contributed by atoms with Gasteiger partial charge in [-0.05, 0) is 45.2 Å². The van der Waals surface area contributed by atoms with Crippen molar-refractivity contribution in [2.75, 3.05) is 26.2 Å². The summed E-state index contributed by atoms with van der Waals surface area (Å²) >= 11 is 0. The Labute approximate surface area is 121 Å². The summed E-state index contributed by atoms with van der Waals surface area (Å²) in [6.45, 7) is 5.22. The van der Waals surface area contributed by atoms with Gasteiger partial charge in [0.2, 0.25) is 5.91 Å². The highest BCUT2D eigenvalue weighted by molar-refractivity contribution is 6.43. The fraction of sp³-hybridized carbons (Fsp3) is 0.923. The molecule has 0 aliphatic carbocycles. The monoisotopic (exact) mass is 283 g/mol. The number of rotatable bonds is 6. The van der Waals surface area contributed by atoms with Gasteiger partial charge in [-0.15, -0.1) is 0 Å². The van der Waals surface area contributed by atoms with Crippen molar-refractivity contribution in [1.82, 2.24) is 15.1 Å². The first-order valence-corrected chi connectivity index (χ1v) is 7.76. The lowest BCUT2D eigenvalue weighted by molar-refractivity contribution is -0.130. The van der Waals surface area contributed by atoms with Gasteiger partial charge in [-0.25, -0.2) is 0 Å². The van der Waals surface area contributed by atoms with E-state index in [-0.39, 0.29) is 18.6 Å². The van der Waals surface area contributed by atoms with E-state index in [9.17, 15) is 14.8 Å². The van der Waals surface area contributed by atoms with Gasteiger partial charge in [-0.3, -0.25) is 15.0 Å². The predicted octanol–water partition coefficient (Wildman–Crippen LogP) is -0.589. The zero-order chi connectivity index (χ0) is 14.5. The minimum atomic E-state index is -1.43. The summed E-state index contributed by atoms with van der Waals surface area (Å²) in [7, 11) is -1.43. The van der Waals surface area contributed by atoms with E-state index in [1.54, 1.807) is 4.90 Å². The van der Waals surface area contributed by atoms with Crippen LogP contribution in [0.2, 0.25) is 0 Å². The smallest absolute Gasteiger partial charge is 0.426 e. The molecule has 2 saturated heterocycles. The van der Waals surface area contributed by atoms with Crippen LogP contribution in [0.25, 0.3) is 0 Å². The zero-order valence-corrected chi connectivity index (χ0v) is 12.3. The fourth-order valence-electron chi connectivity index (χ4n) is 3.30. The Morgan fingerprint density at radius 2 is 2.00 bits per heavy atom. The third-order valence-corrected chi connectivity index (χ3v) is 4.42. The largest absolute Gasteiger partial charge is 0.475 e. The van der Waals surface area contributed by atoms with Gasteiger partial charge in [0.05, 0.1) is 18.7 Å². The predicted molar refractivity (Wildman–Crippen MR) is 77.8 cm³/mol. The van der Waals surface area contributed by atoms with Crippen molar-refractivity contribution < 1.29 is 14.8 Å². The number of amides is 1. The topological polar surface area (TPSA) is 76.0 Å². The number of carbonyl (C=O) groups is 1. The summed E-state index contributed by atoms with van der Waals surface area (Å²) in [5, 5.41) is 21.9. The minimum Gasteiger partial charge on any atom is -0.426 e. The molecule has 20 heavy (non-hydrogen) atoms. The van der Waals surface area contributed by atoms with Crippen LogP contribution < -0.4 is 5.32 Å². The molecule has 0 spiro atoms. The molecule has 114 valence electrons. The maximum absolute atomic E-state index is 12.2. The summed E-state index contributed by atoms with van der Waals surface area (Å²) in [5.41, 5.74) is 0. The van der Waals surface area contributed by atoms with Gasteiger partial charge in [0.1, 0.15) is 0 Å². The third-order valence-electron chi connectivity index (χ3n) is 4.42. The van der Waals surface area contributed by atoms with Crippen molar-refractivity contribution in [1.29, 1.82) is 0 Å². The molecule has 2 fully saturated rings. The molecule has 2 rings (SSSR count). The molecule has 6 nitrogen and oxygen atoms in total. The van der Waals surface area contributed by atoms with Crippen molar-refractivity contribution in [3.63, 3.8) is 0 Å². The van der Waals surface area contributed by atoms with Crippen LogP contribution in [0.3, 0.4) is 0 Å². The van der Waals surface area contributed by atoms with E-state index in [1.807, 2.05) is 0 Å². The lowest BCUT2D eigenvalue weighted by Crippen LogP contribution is -2.51. The van der Waals surface area contributed by atoms with Crippen LogP contribution in [0, 0.1) is 0 Å². The summed E-state index contributed by atoms with van der Waals surface area (Å²) in [5.74, 6) is -0.464. The maximum Gasteiger partial charge on any atom is 0.475 e. The summed E-state index contributed by atoms with van der Waals surface area (Å²) < 4.78 is 0. The Kier molecular flexibility index (Phi) is 5.83. The number of likely N-dealkylation sites (tertiary alicyclic amines) is 2. The van der Waals surface area contributed by atoms with Gasteiger partial charge in [0, 0.05) is 6.54 Å². The van der Waals surface area contributed by atoms with E-state index in [0.717, 1.165) is 25.9 Å². The normalized spacial score (nSPS) is 25.1. The van der Waals surface area contributed by atoms with E-state index in [4.69, 9.17) is 0 Å². The highest BCUT2D eigenvalue weighted by Gasteiger charge is 2.36. The van der Waals surface area contributed by atoms with Crippen LogP contribution in [0.4, 0.5) is 0 Å². The molecule has 3 N–H and O–H groups in total. The van der Waals surface area contributed by atoms with Gasteiger partial charge >= 0.3 is 7.12 Å². The Morgan fingerprint density at radius 1 is 1.30 bits per heavy atom. The summed E-state index contributed by atoms with van der Waals surface area (Å²) in [4.78, 5) is 16.2. The summed E-state index contributed by atoms with van der Waals surface area (Å²) in [6, 6.07) is 0. The zero-order valence-electron chi connectivity index (χ0n) is 12.3. The molecule has 0 radical (unpaired) electrons. The van der Waals surface area contributed by atoms with Gasteiger partial charge in [0.25, 0.3) is 0 Å². The first-order valence-electron chi connectivity index (χ1n) is 7.76. The second kappa shape index (κ2) is 7.40. The van der Waals surface area contributed by atoms with E-state index in [1.165, 1.54) is 12.8 Å². The van der Waals surface area contributed by atoms with Gasteiger partial charge in [-0.1, -0.05) is 6.92 Å². The average molecular weight is 283 g/mol. The summed E-state index contributed by atoms with van der Waals surface area (Å²) in [6.07, 6.45) is 5.21. The fourth-order valence-corrected chi connectivity index (χ4v) is 3.30. The second-order valence-corrected chi connectivity index (χ2v) is 5.76. The second-order valence-electron chi connectivity index (χ2n) is 5.76. The molecule has 2 aliphatic heterocycles. The number of hydrogen-bond donors (Lipinski definition) is 3. The van der Waals surface area contributed by atoms with Crippen LogP contribution in [-0.4, -0.2) is 71.2 Å². The molecule has 1 amide bonds. The SMILES string of the molecule is CC[C@@H](NCC(=O)N1CCC[C@H]1B(O)O)N1CCCC1. The molecule has 2 heterocycles. The Bertz CT molecular complexity index is 324. The molecule has 0 aromatic heterocycles. The number of nitrogens with one attached hydrogen (secondary N) is 1. The van der Waals surface area contributed by atoms with Crippen LogP contribution in [-0.2, 0) is 4.79 Å². The van der Waals surface area contributed by atoms with Crippen molar-refractivity contribution in [2.45, 2.75) is 51.1 Å². The highest BCUT2D eigenvalue weighted by atomic mass is 16.4.